The molecule has 0 amide bonds. The average Bonchev–Trinajstić information content (AvgIpc) is 1.85. The largest absolute Gasteiger partial charge is 0.383 e. The Morgan fingerprint density at radius 3 is 2.25 bits per heavy atom. The standard InChI is InChI=1S/C4H6Cl3N3O2/c1-10(3(8)9)12-2(11)4(5,6)7/h1H3,(H3,8,9). The van der Waals surface area contributed by atoms with Crippen molar-refractivity contribution in [3.05, 3.63) is 0 Å². The maximum absolute atomic E-state index is 10.8. The molecule has 0 saturated heterocycles. The zero-order valence-electron chi connectivity index (χ0n) is 5.97. The minimum absolute atomic E-state index is 0.474. The van der Waals surface area contributed by atoms with E-state index < -0.39 is 15.7 Å². The van der Waals surface area contributed by atoms with Gasteiger partial charge in [-0.3, -0.25) is 5.41 Å². The summed E-state index contributed by atoms with van der Waals surface area (Å²) in [4.78, 5) is 15.1. The second-order valence-electron chi connectivity index (χ2n) is 1.76. The van der Waals surface area contributed by atoms with Crippen LogP contribution in [0.15, 0.2) is 0 Å². The van der Waals surface area contributed by atoms with Gasteiger partial charge < -0.3 is 10.6 Å². The topological polar surface area (TPSA) is 79.4 Å². The lowest BCUT2D eigenvalue weighted by Gasteiger charge is -2.17. The van der Waals surface area contributed by atoms with Crippen molar-refractivity contribution in [1.29, 1.82) is 5.41 Å². The van der Waals surface area contributed by atoms with Gasteiger partial charge in [0, 0.05) is 7.05 Å². The Bertz CT molecular complexity index is 202. The van der Waals surface area contributed by atoms with Gasteiger partial charge in [-0.25, -0.2) is 4.79 Å². The number of hydrogen-bond donors (Lipinski definition) is 2. The van der Waals surface area contributed by atoms with E-state index in [2.05, 4.69) is 4.84 Å². The van der Waals surface area contributed by atoms with Crippen LogP contribution >= 0.6 is 34.8 Å². The highest BCUT2D eigenvalue weighted by Gasteiger charge is 2.34. The van der Waals surface area contributed by atoms with Crippen molar-refractivity contribution in [2.24, 2.45) is 5.73 Å². The molecule has 0 heterocycles. The predicted molar refractivity (Wildman–Crippen MR) is 46.1 cm³/mol. The van der Waals surface area contributed by atoms with E-state index in [0.717, 1.165) is 0 Å². The summed E-state index contributed by atoms with van der Waals surface area (Å²) in [5.74, 6) is -1.59. The molecule has 0 unspecified atom stereocenters. The summed E-state index contributed by atoms with van der Waals surface area (Å²) in [5, 5.41) is 7.47. The minimum atomic E-state index is -2.16. The number of guanidine groups is 1. The van der Waals surface area contributed by atoms with Crippen molar-refractivity contribution in [3.8, 4) is 0 Å². The summed E-state index contributed by atoms with van der Waals surface area (Å²) >= 11 is 15.5. The Morgan fingerprint density at radius 1 is 1.58 bits per heavy atom. The smallest absolute Gasteiger partial charge is 0.368 e. The minimum Gasteiger partial charge on any atom is -0.368 e. The zero-order chi connectivity index (χ0) is 9.94. The highest BCUT2D eigenvalue weighted by atomic mass is 35.6. The molecule has 0 saturated carbocycles. The van der Waals surface area contributed by atoms with Gasteiger partial charge in [0.05, 0.1) is 0 Å². The van der Waals surface area contributed by atoms with Gasteiger partial charge in [-0.05, 0) is 0 Å². The molecule has 0 rings (SSSR count). The number of nitrogens with one attached hydrogen (secondary N) is 1. The lowest BCUT2D eigenvalue weighted by Crippen LogP contribution is -2.38. The van der Waals surface area contributed by atoms with E-state index in [1.807, 2.05) is 0 Å². The summed E-state index contributed by atoms with van der Waals surface area (Å²) < 4.78 is -2.16. The lowest BCUT2D eigenvalue weighted by molar-refractivity contribution is -0.168. The van der Waals surface area contributed by atoms with Crippen molar-refractivity contribution in [1.82, 2.24) is 5.06 Å². The summed E-state index contributed by atoms with van der Waals surface area (Å²) in [6.07, 6.45) is 0. The monoisotopic (exact) mass is 233 g/mol. The van der Waals surface area contributed by atoms with Gasteiger partial charge in [0.2, 0.25) is 5.96 Å². The third-order valence-corrected chi connectivity index (χ3v) is 1.25. The van der Waals surface area contributed by atoms with E-state index in [9.17, 15) is 4.79 Å². The van der Waals surface area contributed by atoms with Crippen LogP contribution in [0.5, 0.6) is 0 Å². The normalized spacial score (nSPS) is 10.7. The van der Waals surface area contributed by atoms with Crippen LogP contribution in [0.1, 0.15) is 0 Å². The van der Waals surface area contributed by atoms with Crippen LogP contribution in [0, 0.1) is 5.41 Å². The molecule has 0 aromatic heterocycles. The van der Waals surface area contributed by atoms with Crippen LogP contribution in [0.4, 0.5) is 0 Å². The summed E-state index contributed by atoms with van der Waals surface area (Å²) in [7, 11) is 1.23. The molecule has 12 heavy (non-hydrogen) atoms. The van der Waals surface area contributed by atoms with Crippen LogP contribution in [-0.4, -0.2) is 27.8 Å². The first-order valence-electron chi connectivity index (χ1n) is 2.62. The molecular weight excluding hydrogens is 228 g/mol. The van der Waals surface area contributed by atoms with Gasteiger partial charge in [-0.1, -0.05) is 34.8 Å². The van der Waals surface area contributed by atoms with Crippen molar-refractivity contribution in [2.45, 2.75) is 3.79 Å². The number of carbonyl (C=O) groups excluding carboxylic acids is 1. The van der Waals surface area contributed by atoms with Gasteiger partial charge in [0.15, 0.2) is 0 Å². The van der Waals surface area contributed by atoms with Crippen molar-refractivity contribution in [3.63, 3.8) is 0 Å². The number of rotatable bonds is 0. The third-order valence-electron chi connectivity index (χ3n) is 0.791. The van der Waals surface area contributed by atoms with Crippen LogP contribution in [0.3, 0.4) is 0 Å². The molecule has 5 nitrogen and oxygen atoms in total. The summed E-state index contributed by atoms with van der Waals surface area (Å²) in [6.45, 7) is 0. The Hall–Kier alpha value is -0.390. The number of hydrogen-bond acceptors (Lipinski definition) is 3. The van der Waals surface area contributed by atoms with Crippen molar-refractivity contribution in [2.75, 3.05) is 7.05 Å². The third kappa shape index (κ3) is 3.85. The fourth-order valence-electron chi connectivity index (χ4n) is 0.225. The number of nitrogens with zero attached hydrogens (tertiary/aromatic N) is 1. The first-order valence-corrected chi connectivity index (χ1v) is 3.75. The Balaban J connectivity index is 4.11. The second kappa shape index (κ2) is 4.02. The molecule has 0 aliphatic rings. The van der Waals surface area contributed by atoms with Crippen LogP contribution in [-0.2, 0) is 9.63 Å². The average molecular weight is 234 g/mol. The summed E-state index contributed by atoms with van der Waals surface area (Å²) in [5.41, 5.74) is 4.93. The Labute approximate surface area is 83.8 Å². The number of halogens is 3. The first-order chi connectivity index (χ1) is 5.25. The Morgan fingerprint density at radius 2 is 2.00 bits per heavy atom. The number of alkyl halides is 3. The SMILES string of the molecule is CN(OC(=O)C(Cl)(Cl)Cl)C(=N)N. The van der Waals surface area contributed by atoms with Crippen LogP contribution < -0.4 is 5.73 Å². The molecule has 0 radical (unpaired) electrons. The molecular formula is C4H6Cl3N3O2. The van der Waals surface area contributed by atoms with Gasteiger partial charge in [0.1, 0.15) is 0 Å². The molecule has 70 valence electrons. The predicted octanol–water partition coefficient (Wildman–Crippen LogP) is 0.640. The van der Waals surface area contributed by atoms with Crippen LogP contribution in [0.2, 0.25) is 0 Å². The maximum atomic E-state index is 10.8. The second-order valence-corrected chi connectivity index (χ2v) is 4.04. The van der Waals surface area contributed by atoms with Gasteiger partial charge >= 0.3 is 5.97 Å². The fourth-order valence-corrected chi connectivity index (χ4v) is 0.329. The molecule has 0 fully saturated rings. The fraction of sp³-hybridized carbons (Fsp3) is 0.500. The van der Waals surface area contributed by atoms with Gasteiger partial charge in [-0.15, -0.1) is 0 Å². The van der Waals surface area contributed by atoms with E-state index in [1.165, 1.54) is 7.05 Å². The van der Waals surface area contributed by atoms with E-state index in [1.54, 1.807) is 0 Å². The quantitative estimate of drug-likeness (QED) is 0.279. The number of hydroxylamine groups is 2. The number of nitrogens with two attached hydrogens (primary N) is 1. The molecule has 0 aliphatic carbocycles. The van der Waals surface area contributed by atoms with E-state index >= 15 is 0 Å². The molecule has 3 N–H and O–H groups in total. The summed E-state index contributed by atoms with van der Waals surface area (Å²) in [6, 6.07) is 0. The maximum Gasteiger partial charge on any atom is 0.383 e. The molecule has 0 bridgehead atoms. The molecule has 0 aliphatic heterocycles. The zero-order valence-corrected chi connectivity index (χ0v) is 8.24. The molecule has 0 spiro atoms. The first kappa shape index (κ1) is 11.6. The van der Waals surface area contributed by atoms with Gasteiger partial charge in [0.25, 0.3) is 3.79 Å². The highest BCUT2D eigenvalue weighted by molar-refractivity contribution is 6.75. The Kier molecular flexibility index (Phi) is 3.89. The van der Waals surface area contributed by atoms with Crippen molar-refractivity contribution >= 4 is 46.7 Å². The van der Waals surface area contributed by atoms with E-state index in [4.69, 9.17) is 45.9 Å². The van der Waals surface area contributed by atoms with E-state index in [-0.39, 0.29) is 0 Å². The van der Waals surface area contributed by atoms with Gasteiger partial charge in [-0.2, -0.15) is 5.06 Å². The van der Waals surface area contributed by atoms with E-state index in [0.29, 0.717) is 5.06 Å². The number of carbonyl (C=O) groups is 1. The highest BCUT2D eigenvalue weighted by Crippen LogP contribution is 2.27. The van der Waals surface area contributed by atoms with Crippen molar-refractivity contribution < 1.29 is 9.63 Å². The lowest BCUT2D eigenvalue weighted by atomic mass is 10.8. The molecule has 0 aromatic carbocycles. The molecule has 0 aromatic rings. The molecule has 8 heteroatoms. The molecule has 0 atom stereocenters. The van der Waals surface area contributed by atoms with Crippen LogP contribution in [0.25, 0.3) is 0 Å².